The van der Waals surface area contributed by atoms with Crippen LogP contribution in [0.15, 0.2) is 121 Å². The van der Waals surface area contributed by atoms with Gasteiger partial charge >= 0.3 is 0 Å². The first kappa shape index (κ1) is 27.0. The van der Waals surface area contributed by atoms with Crippen molar-refractivity contribution < 1.29 is 4.57 Å². The smallest absolute Gasteiger partial charge is 0.157 e. The number of nitrogens with zero attached hydrogens (tertiary/aromatic N) is 1. The van der Waals surface area contributed by atoms with Crippen molar-refractivity contribution >= 4 is 30.2 Å². The summed E-state index contributed by atoms with van der Waals surface area (Å²) in [5.41, 5.74) is 2.20. The Balaban J connectivity index is 0.00000342. The number of hydrogen-bond acceptors (Lipinski definition) is 2. The average Bonchev–Trinajstić information content (AvgIpc) is 2.93. The largest absolute Gasteiger partial charge is 0.312 e. The molecule has 35 heavy (non-hydrogen) atoms. The summed E-state index contributed by atoms with van der Waals surface area (Å²) >= 11 is 0. The van der Waals surface area contributed by atoms with Crippen molar-refractivity contribution in [3.8, 4) is 0 Å². The molecule has 0 spiro atoms. The molecule has 0 N–H and O–H groups in total. The van der Waals surface area contributed by atoms with Crippen molar-refractivity contribution in [2.45, 2.75) is 25.4 Å². The molecule has 0 aromatic heterocycles. The summed E-state index contributed by atoms with van der Waals surface area (Å²) < 4.78 is 16.0. The number of rotatable bonds is 10. The second kappa shape index (κ2) is 12.4. The standard InChI is InChI=1S/C31H34NOP.ClH/c1-3-32(4-2)26-25-31(27-17-9-5-10-18-27,28-19-11-6-12-20-28)34(33,29-21-13-7-14-22-29)30-23-15-8-16-24-30;/h5-24H,3-4,25-26H2,1-2H3;1H. The van der Waals surface area contributed by atoms with Crippen LogP contribution in [0.5, 0.6) is 0 Å². The second-order valence-corrected chi connectivity index (χ2v) is 11.7. The van der Waals surface area contributed by atoms with Crippen LogP contribution < -0.4 is 10.6 Å². The van der Waals surface area contributed by atoms with Crippen molar-refractivity contribution in [2.75, 3.05) is 19.6 Å². The van der Waals surface area contributed by atoms with E-state index in [0.717, 1.165) is 47.8 Å². The fraction of sp³-hybridized carbons (Fsp3) is 0.226. The molecule has 0 aliphatic rings. The van der Waals surface area contributed by atoms with Gasteiger partial charge in [-0.15, -0.1) is 12.4 Å². The molecule has 0 aliphatic heterocycles. The average molecular weight is 504 g/mol. The van der Waals surface area contributed by atoms with E-state index in [1.54, 1.807) is 0 Å². The van der Waals surface area contributed by atoms with Crippen molar-refractivity contribution in [2.24, 2.45) is 0 Å². The predicted molar refractivity (Wildman–Crippen MR) is 153 cm³/mol. The van der Waals surface area contributed by atoms with E-state index in [9.17, 15) is 0 Å². The third kappa shape index (κ3) is 5.16. The Hall–Kier alpha value is -2.64. The molecule has 0 atom stereocenters. The van der Waals surface area contributed by atoms with Gasteiger partial charge in [0.1, 0.15) is 0 Å². The predicted octanol–water partition coefficient (Wildman–Crippen LogP) is 7.10. The van der Waals surface area contributed by atoms with Crippen LogP contribution in [0.25, 0.3) is 0 Å². The van der Waals surface area contributed by atoms with E-state index in [-0.39, 0.29) is 12.4 Å². The molecule has 4 heteroatoms. The van der Waals surface area contributed by atoms with Gasteiger partial charge in [0, 0.05) is 10.6 Å². The molecule has 0 unspecified atom stereocenters. The van der Waals surface area contributed by atoms with E-state index < -0.39 is 12.3 Å². The first-order valence-corrected chi connectivity index (χ1v) is 13.9. The van der Waals surface area contributed by atoms with Gasteiger partial charge in [-0.05, 0) is 37.2 Å². The van der Waals surface area contributed by atoms with Gasteiger partial charge in [-0.2, -0.15) is 0 Å². The van der Waals surface area contributed by atoms with Gasteiger partial charge in [0.05, 0.1) is 5.16 Å². The number of benzene rings is 4. The lowest BCUT2D eigenvalue weighted by molar-refractivity contribution is 0.288. The van der Waals surface area contributed by atoms with Crippen LogP contribution in [0, 0.1) is 0 Å². The quantitative estimate of drug-likeness (QED) is 0.215. The number of hydrogen-bond donors (Lipinski definition) is 0. The van der Waals surface area contributed by atoms with Gasteiger partial charge in [0.2, 0.25) is 0 Å². The molecule has 0 aliphatic carbocycles. The number of halogens is 1. The summed E-state index contributed by atoms with van der Waals surface area (Å²) in [6.07, 6.45) is 0.754. The zero-order valence-electron chi connectivity index (χ0n) is 20.6. The lowest BCUT2D eigenvalue weighted by atomic mass is 9.87. The maximum atomic E-state index is 16.0. The lowest BCUT2D eigenvalue weighted by Crippen LogP contribution is -2.40. The van der Waals surface area contributed by atoms with Crippen molar-refractivity contribution in [3.63, 3.8) is 0 Å². The topological polar surface area (TPSA) is 20.3 Å². The van der Waals surface area contributed by atoms with E-state index >= 15 is 4.57 Å². The van der Waals surface area contributed by atoms with Crippen LogP contribution in [-0.2, 0) is 9.72 Å². The summed E-state index contributed by atoms with van der Waals surface area (Å²) in [5, 5.41) is 1.09. The molecule has 0 fully saturated rings. The highest BCUT2D eigenvalue weighted by molar-refractivity contribution is 7.80. The third-order valence-corrected chi connectivity index (χ3v) is 10.8. The molecule has 2 nitrogen and oxygen atoms in total. The van der Waals surface area contributed by atoms with Crippen LogP contribution in [0.2, 0.25) is 0 Å². The summed E-state index contributed by atoms with van der Waals surface area (Å²) in [6, 6.07) is 41.3. The summed E-state index contributed by atoms with van der Waals surface area (Å²) in [4.78, 5) is 2.43. The Bertz CT molecular complexity index is 1110. The molecular weight excluding hydrogens is 469 g/mol. The summed E-state index contributed by atoms with van der Waals surface area (Å²) in [7, 11) is -3.21. The Morgan fingerprint density at radius 3 is 1.29 bits per heavy atom. The van der Waals surface area contributed by atoms with Gasteiger partial charge in [-0.25, -0.2) is 0 Å². The van der Waals surface area contributed by atoms with Crippen LogP contribution in [0.1, 0.15) is 31.4 Å². The normalized spacial score (nSPS) is 11.7. The van der Waals surface area contributed by atoms with Gasteiger partial charge in [0.15, 0.2) is 7.14 Å². The lowest BCUT2D eigenvalue weighted by Gasteiger charge is -2.43. The van der Waals surface area contributed by atoms with Gasteiger partial charge in [0.25, 0.3) is 0 Å². The van der Waals surface area contributed by atoms with Crippen molar-refractivity contribution in [1.82, 2.24) is 4.90 Å². The maximum Gasteiger partial charge on any atom is 0.157 e. The van der Waals surface area contributed by atoms with Gasteiger partial charge in [-0.3, -0.25) is 0 Å². The van der Waals surface area contributed by atoms with Crippen molar-refractivity contribution in [3.05, 3.63) is 132 Å². The minimum atomic E-state index is -3.21. The van der Waals surface area contributed by atoms with E-state index in [1.165, 1.54) is 0 Å². The molecule has 182 valence electrons. The Morgan fingerprint density at radius 1 is 0.600 bits per heavy atom. The van der Waals surface area contributed by atoms with E-state index in [0.29, 0.717) is 0 Å². The zero-order chi connectivity index (χ0) is 23.9. The fourth-order valence-corrected chi connectivity index (χ4v) is 8.93. The Morgan fingerprint density at radius 2 is 0.943 bits per heavy atom. The monoisotopic (exact) mass is 503 g/mol. The van der Waals surface area contributed by atoms with Gasteiger partial charge in [-0.1, -0.05) is 135 Å². The van der Waals surface area contributed by atoms with Crippen molar-refractivity contribution in [1.29, 1.82) is 0 Å². The molecule has 4 aromatic carbocycles. The summed E-state index contributed by atoms with van der Waals surface area (Å²) in [6.45, 7) is 7.20. The molecule has 0 radical (unpaired) electrons. The first-order valence-electron chi connectivity index (χ1n) is 12.2. The summed E-state index contributed by atoms with van der Waals surface area (Å²) in [5.74, 6) is 0. The second-order valence-electron chi connectivity index (χ2n) is 8.65. The third-order valence-electron chi connectivity index (χ3n) is 6.96. The maximum absolute atomic E-state index is 16.0. The highest BCUT2D eigenvalue weighted by atomic mass is 35.5. The Labute approximate surface area is 216 Å². The highest BCUT2D eigenvalue weighted by Crippen LogP contribution is 2.66. The van der Waals surface area contributed by atoms with Gasteiger partial charge < -0.3 is 9.46 Å². The SMILES string of the molecule is CCN(CC)CCC(c1ccccc1)(c1ccccc1)P(=O)(c1ccccc1)c1ccccc1.Cl. The molecule has 0 heterocycles. The molecule has 0 bridgehead atoms. The minimum absolute atomic E-state index is 0. The zero-order valence-corrected chi connectivity index (χ0v) is 22.3. The Kier molecular flexibility index (Phi) is 9.52. The molecule has 0 saturated heterocycles. The molecular formula is C31H35ClNOP. The molecule has 4 aromatic rings. The van der Waals surface area contributed by atoms with E-state index in [4.69, 9.17) is 0 Å². The highest BCUT2D eigenvalue weighted by Gasteiger charge is 2.52. The fourth-order valence-electron chi connectivity index (χ4n) is 5.13. The minimum Gasteiger partial charge on any atom is -0.312 e. The van der Waals surface area contributed by atoms with E-state index in [2.05, 4.69) is 67.3 Å². The molecule has 4 rings (SSSR count). The van der Waals surface area contributed by atoms with E-state index in [1.807, 2.05) is 72.8 Å². The van der Waals surface area contributed by atoms with Crippen LogP contribution >= 0.6 is 19.5 Å². The van der Waals surface area contributed by atoms with Crippen LogP contribution in [0.3, 0.4) is 0 Å². The van der Waals surface area contributed by atoms with Crippen LogP contribution in [0.4, 0.5) is 0 Å². The van der Waals surface area contributed by atoms with Crippen LogP contribution in [-0.4, -0.2) is 24.5 Å². The molecule has 0 saturated carbocycles. The first-order chi connectivity index (χ1) is 16.7. The molecule has 0 amide bonds.